The molecule has 2 atom stereocenters. The number of amides is 1. The van der Waals surface area contributed by atoms with Crippen molar-refractivity contribution in [2.75, 3.05) is 26.2 Å². The van der Waals surface area contributed by atoms with E-state index in [0.717, 1.165) is 57.6 Å². The minimum absolute atomic E-state index is 0.260. The number of nitrogens with one attached hydrogen (secondary N) is 2. The number of carbonyl (C=O) groups is 1. The van der Waals surface area contributed by atoms with Crippen molar-refractivity contribution in [3.05, 3.63) is 59.2 Å². The number of hydrogen-bond acceptors (Lipinski definition) is 6. The Balaban J connectivity index is 1.29. The van der Waals surface area contributed by atoms with Gasteiger partial charge in [-0.25, -0.2) is 9.97 Å². The van der Waals surface area contributed by atoms with Gasteiger partial charge in [-0.05, 0) is 68.8 Å². The molecule has 0 bridgehead atoms. The predicted molar refractivity (Wildman–Crippen MR) is 120 cm³/mol. The molecule has 1 saturated heterocycles. The molecule has 7 nitrogen and oxygen atoms in total. The first-order chi connectivity index (χ1) is 15.1. The molecule has 1 aromatic heterocycles. The molecule has 2 aliphatic heterocycles. The van der Waals surface area contributed by atoms with Crippen molar-refractivity contribution in [2.24, 2.45) is 5.92 Å². The molecule has 31 heavy (non-hydrogen) atoms. The summed E-state index contributed by atoms with van der Waals surface area (Å²) >= 11 is 0. The van der Waals surface area contributed by atoms with Crippen molar-refractivity contribution in [2.45, 2.75) is 51.3 Å². The van der Waals surface area contributed by atoms with Gasteiger partial charge in [0.15, 0.2) is 0 Å². The normalized spacial score (nSPS) is 19.4. The molecule has 1 fully saturated rings. The Morgan fingerprint density at radius 2 is 2.03 bits per heavy atom. The zero-order valence-corrected chi connectivity index (χ0v) is 18.3. The van der Waals surface area contributed by atoms with Gasteiger partial charge in [0.05, 0.1) is 12.1 Å². The number of aliphatic hydroxyl groups excluding tert-OH is 1. The largest absolute Gasteiger partial charge is 0.390 e. The molecule has 1 amide bonds. The van der Waals surface area contributed by atoms with Gasteiger partial charge in [0.25, 0.3) is 5.91 Å². The van der Waals surface area contributed by atoms with Gasteiger partial charge in [-0.2, -0.15) is 0 Å². The van der Waals surface area contributed by atoms with Gasteiger partial charge in [-0.3, -0.25) is 9.69 Å². The Morgan fingerprint density at radius 1 is 1.26 bits per heavy atom. The molecular formula is C24H33N5O2. The maximum atomic E-state index is 12.7. The van der Waals surface area contributed by atoms with Crippen LogP contribution in [0.25, 0.3) is 0 Å². The first kappa shape index (κ1) is 21.9. The topological polar surface area (TPSA) is 90.4 Å². The molecule has 2 unspecified atom stereocenters. The Hall–Kier alpha value is -2.35. The van der Waals surface area contributed by atoms with Crippen molar-refractivity contribution in [3.8, 4) is 0 Å². The molecule has 7 heteroatoms. The lowest BCUT2D eigenvalue weighted by Crippen LogP contribution is -2.47. The standard InChI is InChI=1S/C24H33N5O2/c1-17(23(30)15-29-11-8-19-4-2-3-5-20(19)14-29)28-24(31)22-13-21(26-16-27-22)12-18-6-9-25-10-7-18/h2-5,13,16-18,23,25,30H,6-12,14-15H2,1H3,(H,28,31). The van der Waals surface area contributed by atoms with Crippen molar-refractivity contribution in [1.82, 2.24) is 25.5 Å². The molecule has 166 valence electrons. The second-order valence-corrected chi connectivity index (χ2v) is 8.88. The van der Waals surface area contributed by atoms with Gasteiger partial charge in [-0.15, -0.1) is 0 Å². The number of β-amino-alcohol motifs (C(OH)–C–C–N with tert-alkyl or cyclic N) is 1. The SMILES string of the molecule is CC(NC(=O)c1cc(CC2CCNCC2)ncn1)C(O)CN1CCc2ccccc2C1. The molecule has 3 heterocycles. The lowest BCUT2D eigenvalue weighted by atomic mass is 9.93. The van der Waals surface area contributed by atoms with Gasteiger partial charge in [-0.1, -0.05) is 24.3 Å². The predicted octanol–water partition coefficient (Wildman–Crippen LogP) is 1.56. The molecule has 4 rings (SSSR count). The molecule has 2 aromatic rings. The van der Waals surface area contributed by atoms with E-state index >= 15 is 0 Å². The van der Waals surface area contributed by atoms with Gasteiger partial charge < -0.3 is 15.7 Å². The second-order valence-electron chi connectivity index (χ2n) is 8.88. The van der Waals surface area contributed by atoms with Gasteiger partial charge in [0.1, 0.15) is 12.0 Å². The average molecular weight is 424 g/mol. The van der Waals surface area contributed by atoms with E-state index < -0.39 is 6.10 Å². The first-order valence-corrected chi connectivity index (χ1v) is 11.4. The van der Waals surface area contributed by atoms with Gasteiger partial charge in [0, 0.05) is 25.3 Å². The minimum atomic E-state index is -0.648. The third kappa shape index (κ3) is 5.87. The van der Waals surface area contributed by atoms with Crippen LogP contribution in [0, 0.1) is 5.92 Å². The Kier molecular flexibility index (Phi) is 7.27. The van der Waals surface area contributed by atoms with E-state index in [1.807, 2.05) is 6.92 Å². The number of rotatable bonds is 7. The van der Waals surface area contributed by atoms with Crippen LogP contribution in [-0.4, -0.2) is 64.2 Å². The third-order valence-electron chi connectivity index (χ3n) is 6.50. The van der Waals surface area contributed by atoms with E-state index in [1.165, 1.54) is 17.5 Å². The van der Waals surface area contributed by atoms with Crippen LogP contribution >= 0.6 is 0 Å². The smallest absolute Gasteiger partial charge is 0.270 e. The summed E-state index contributed by atoms with van der Waals surface area (Å²) in [4.78, 5) is 23.5. The van der Waals surface area contributed by atoms with Crippen LogP contribution in [0.3, 0.4) is 0 Å². The summed E-state index contributed by atoms with van der Waals surface area (Å²) in [7, 11) is 0. The second kappa shape index (κ2) is 10.3. The zero-order chi connectivity index (χ0) is 21.6. The van der Waals surface area contributed by atoms with Gasteiger partial charge >= 0.3 is 0 Å². The fourth-order valence-electron chi connectivity index (χ4n) is 4.52. The highest BCUT2D eigenvalue weighted by Crippen LogP contribution is 2.19. The van der Waals surface area contributed by atoms with Crippen LogP contribution in [0.2, 0.25) is 0 Å². The van der Waals surface area contributed by atoms with E-state index in [-0.39, 0.29) is 11.9 Å². The van der Waals surface area contributed by atoms with E-state index in [2.05, 4.69) is 49.8 Å². The molecule has 3 N–H and O–H groups in total. The van der Waals surface area contributed by atoms with E-state index in [4.69, 9.17) is 0 Å². The quantitative estimate of drug-likeness (QED) is 0.626. The fourth-order valence-corrected chi connectivity index (χ4v) is 4.52. The van der Waals surface area contributed by atoms with E-state index in [1.54, 1.807) is 6.07 Å². The number of nitrogens with zero attached hydrogens (tertiary/aromatic N) is 3. The molecular weight excluding hydrogens is 390 g/mol. The summed E-state index contributed by atoms with van der Waals surface area (Å²) in [6, 6.07) is 9.88. The summed E-state index contributed by atoms with van der Waals surface area (Å²) in [5, 5.41) is 17.0. The lowest BCUT2D eigenvalue weighted by molar-refractivity contribution is 0.0681. The number of hydrogen-bond donors (Lipinski definition) is 3. The zero-order valence-electron chi connectivity index (χ0n) is 18.3. The molecule has 2 aliphatic rings. The minimum Gasteiger partial charge on any atom is -0.390 e. The maximum absolute atomic E-state index is 12.7. The van der Waals surface area contributed by atoms with Crippen molar-refractivity contribution >= 4 is 5.91 Å². The molecule has 0 saturated carbocycles. The highest BCUT2D eigenvalue weighted by molar-refractivity contribution is 5.92. The van der Waals surface area contributed by atoms with Crippen LogP contribution in [-0.2, 0) is 19.4 Å². The highest BCUT2D eigenvalue weighted by Gasteiger charge is 2.24. The van der Waals surface area contributed by atoms with Crippen LogP contribution < -0.4 is 10.6 Å². The lowest BCUT2D eigenvalue weighted by Gasteiger charge is -2.32. The summed E-state index contributed by atoms with van der Waals surface area (Å²) in [6.07, 6.45) is 4.96. The number of aliphatic hydroxyl groups is 1. The molecule has 0 aliphatic carbocycles. The number of benzene rings is 1. The van der Waals surface area contributed by atoms with E-state index in [9.17, 15) is 9.90 Å². The third-order valence-corrected chi connectivity index (χ3v) is 6.50. The molecule has 0 radical (unpaired) electrons. The van der Waals surface area contributed by atoms with Crippen LogP contribution in [0.5, 0.6) is 0 Å². The van der Waals surface area contributed by atoms with Crippen LogP contribution in [0.1, 0.15) is 47.1 Å². The summed E-state index contributed by atoms with van der Waals surface area (Å²) in [6.45, 7) is 6.21. The molecule has 1 aromatic carbocycles. The number of fused-ring (bicyclic) bond motifs is 1. The fraction of sp³-hybridized carbons (Fsp3) is 0.542. The van der Waals surface area contributed by atoms with Gasteiger partial charge in [0.2, 0.25) is 0 Å². The summed E-state index contributed by atoms with van der Waals surface area (Å²) in [5.41, 5.74) is 3.98. The average Bonchev–Trinajstić information content (AvgIpc) is 2.80. The Labute approximate surface area is 184 Å². The first-order valence-electron chi connectivity index (χ1n) is 11.4. The molecule has 0 spiro atoms. The summed E-state index contributed by atoms with van der Waals surface area (Å²) < 4.78 is 0. The Bertz CT molecular complexity index is 884. The monoisotopic (exact) mass is 423 g/mol. The van der Waals surface area contributed by atoms with E-state index in [0.29, 0.717) is 18.2 Å². The summed E-state index contributed by atoms with van der Waals surface area (Å²) in [5.74, 6) is 0.340. The highest BCUT2D eigenvalue weighted by atomic mass is 16.3. The van der Waals surface area contributed by atoms with Crippen LogP contribution in [0.15, 0.2) is 36.7 Å². The Morgan fingerprint density at radius 3 is 2.84 bits per heavy atom. The number of piperidine rings is 1. The van der Waals surface area contributed by atoms with Crippen molar-refractivity contribution in [1.29, 1.82) is 0 Å². The number of carbonyl (C=O) groups excluding carboxylic acids is 1. The van der Waals surface area contributed by atoms with Crippen molar-refractivity contribution < 1.29 is 9.90 Å². The maximum Gasteiger partial charge on any atom is 0.270 e. The number of aromatic nitrogens is 2. The van der Waals surface area contributed by atoms with Crippen molar-refractivity contribution in [3.63, 3.8) is 0 Å². The van der Waals surface area contributed by atoms with Crippen LogP contribution in [0.4, 0.5) is 0 Å².